The Bertz CT molecular complexity index is 629. The van der Waals surface area contributed by atoms with E-state index in [0.717, 1.165) is 11.4 Å². The van der Waals surface area contributed by atoms with Gasteiger partial charge in [-0.3, -0.25) is 4.90 Å². The Labute approximate surface area is 112 Å². The number of hydrogen-bond acceptors (Lipinski definition) is 1. The summed E-state index contributed by atoms with van der Waals surface area (Å²) in [6.07, 6.45) is 3.78. The van der Waals surface area contributed by atoms with Crippen molar-refractivity contribution < 1.29 is 0 Å². The number of hydrogen-bond donors (Lipinski definition) is 1. The van der Waals surface area contributed by atoms with Gasteiger partial charge in [-0.05, 0) is 49.6 Å². The number of halogens is 1. The molecule has 1 fully saturated rings. The number of benzene rings is 1. The van der Waals surface area contributed by atoms with Crippen LogP contribution in [-0.4, -0.2) is 23.0 Å². The summed E-state index contributed by atoms with van der Waals surface area (Å²) in [7, 11) is 0. The first-order valence-corrected chi connectivity index (χ1v) is 7.16. The predicted octanol–water partition coefficient (Wildman–Crippen LogP) is 3.82. The Kier molecular flexibility index (Phi) is 2.27. The fourth-order valence-electron chi connectivity index (χ4n) is 3.76. The zero-order valence-electron chi connectivity index (χ0n) is 10.6. The zero-order chi connectivity index (χ0) is 12.3. The molecule has 18 heavy (non-hydrogen) atoms. The van der Waals surface area contributed by atoms with Crippen molar-refractivity contribution in [2.75, 3.05) is 13.1 Å². The first-order valence-electron chi connectivity index (χ1n) is 6.78. The van der Waals surface area contributed by atoms with Gasteiger partial charge in [-0.25, -0.2) is 0 Å². The van der Waals surface area contributed by atoms with E-state index in [0.29, 0.717) is 6.04 Å². The molecule has 1 saturated heterocycles. The average molecular weight is 261 g/mol. The number of aromatic amines is 1. The lowest BCUT2D eigenvalue weighted by molar-refractivity contribution is 0.244. The molecular weight excluding hydrogens is 244 g/mol. The first kappa shape index (κ1) is 10.9. The van der Waals surface area contributed by atoms with Crippen LogP contribution in [0.4, 0.5) is 0 Å². The summed E-state index contributed by atoms with van der Waals surface area (Å²) in [5, 5.41) is 2.21. The molecule has 0 bridgehead atoms. The molecule has 0 radical (unpaired) electrons. The summed E-state index contributed by atoms with van der Waals surface area (Å²) in [4.78, 5) is 6.27. The van der Waals surface area contributed by atoms with Gasteiger partial charge < -0.3 is 4.98 Å². The molecule has 0 aliphatic carbocycles. The molecular formula is C15H17ClN2. The van der Waals surface area contributed by atoms with Gasteiger partial charge >= 0.3 is 0 Å². The van der Waals surface area contributed by atoms with E-state index in [1.807, 2.05) is 0 Å². The van der Waals surface area contributed by atoms with Gasteiger partial charge in [0.15, 0.2) is 0 Å². The number of rotatable bonds is 0. The molecule has 94 valence electrons. The molecule has 1 N–H and O–H groups in total. The van der Waals surface area contributed by atoms with Gasteiger partial charge in [0.05, 0.1) is 0 Å². The largest absolute Gasteiger partial charge is 0.358 e. The van der Waals surface area contributed by atoms with Crippen LogP contribution < -0.4 is 0 Å². The Morgan fingerprint density at radius 1 is 1.33 bits per heavy atom. The molecule has 1 aromatic heterocycles. The van der Waals surface area contributed by atoms with Crippen molar-refractivity contribution in [1.82, 2.24) is 9.88 Å². The lowest BCUT2D eigenvalue weighted by atomic mass is 9.95. The van der Waals surface area contributed by atoms with E-state index in [4.69, 9.17) is 11.6 Å². The number of nitrogens with one attached hydrogen (secondary N) is 1. The summed E-state index contributed by atoms with van der Waals surface area (Å²) in [6.45, 7) is 4.61. The van der Waals surface area contributed by atoms with E-state index in [2.05, 4.69) is 28.9 Å². The zero-order valence-corrected chi connectivity index (χ0v) is 11.3. The first-order chi connectivity index (χ1) is 8.74. The van der Waals surface area contributed by atoms with Crippen LogP contribution in [0.5, 0.6) is 0 Å². The topological polar surface area (TPSA) is 19.0 Å². The molecule has 3 heterocycles. The Hall–Kier alpha value is -0.990. The summed E-state index contributed by atoms with van der Waals surface area (Å²) in [5.74, 6) is 0. The third-order valence-electron chi connectivity index (χ3n) is 4.54. The van der Waals surface area contributed by atoms with Gasteiger partial charge in [0.2, 0.25) is 0 Å². The highest BCUT2D eigenvalue weighted by atomic mass is 35.5. The maximum Gasteiger partial charge on any atom is 0.0490 e. The SMILES string of the molecule is Cc1cc(Cl)cc2c3c([nH]c12)CCN1CCC[C@@H]31. The number of aryl methyl sites for hydroxylation is 1. The van der Waals surface area contributed by atoms with Crippen LogP contribution >= 0.6 is 11.6 Å². The number of H-pyrrole nitrogens is 1. The second-order valence-electron chi connectivity index (χ2n) is 5.61. The van der Waals surface area contributed by atoms with E-state index in [-0.39, 0.29) is 0 Å². The molecule has 0 amide bonds. The minimum Gasteiger partial charge on any atom is -0.358 e. The van der Waals surface area contributed by atoms with Crippen molar-refractivity contribution >= 4 is 22.5 Å². The third-order valence-corrected chi connectivity index (χ3v) is 4.76. The van der Waals surface area contributed by atoms with Crippen molar-refractivity contribution in [3.8, 4) is 0 Å². The molecule has 2 aliphatic rings. The van der Waals surface area contributed by atoms with Crippen LogP contribution in [0, 0.1) is 6.92 Å². The second-order valence-corrected chi connectivity index (χ2v) is 6.04. The normalized spacial score (nSPS) is 23.3. The quantitative estimate of drug-likeness (QED) is 0.763. The van der Waals surface area contributed by atoms with E-state index in [9.17, 15) is 0 Å². The minimum absolute atomic E-state index is 0.625. The Morgan fingerprint density at radius 2 is 2.22 bits per heavy atom. The van der Waals surface area contributed by atoms with Crippen molar-refractivity contribution in [2.24, 2.45) is 0 Å². The maximum atomic E-state index is 6.24. The van der Waals surface area contributed by atoms with Crippen molar-refractivity contribution in [1.29, 1.82) is 0 Å². The van der Waals surface area contributed by atoms with E-state index in [1.54, 1.807) is 0 Å². The van der Waals surface area contributed by atoms with Gasteiger partial charge in [-0.1, -0.05) is 11.6 Å². The van der Waals surface area contributed by atoms with Gasteiger partial charge in [-0.15, -0.1) is 0 Å². The third kappa shape index (κ3) is 1.39. The summed E-state index contributed by atoms with van der Waals surface area (Å²) in [6, 6.07) is 4.82. The van der Waals surface area contributed by atoms with Crippen LogP contribution in [0.1, 0.15) is 35.7 Å². The molecule has 2 aliphatic heterocycles. The van der Waals surface area contributed by atoms with Crippen molar-refractivity contribution in [2.45, 2.75) is 32.2 Å². The molecule has 0 saturated carbocycles. The predicted molar refractivity (Wildman–Crippen MR) is 75.3 cm³/mol. The lowest BCUT2D eigenvalue weighted by Crippen LogP contribution is -2.30. The average Bonchev–Trinajstić information content (AvgIpc) is 2.91. The standard InChI is InChI=1S/C15H17ClN2/c1-9-7-10(16)8-11-14-12(17-15(9)11)4-6-18-5-2-3-13(14)18/h7-8,13,17H,2-6H2,1H3/t13-/m0/s1. The Balaban J connectivity index is 2.02. The van der Waals surface area contributed by atoms with Crippen LogP contribution in [0.2, 0.25) is 5.02 Å². The summed E-state index contributed by atoms with van der Waals surface area (Å²) >= 11 is 6.24. The van der Waals surface area contributed by atoms with Gasteiger partial charge in [0, 0.05) is 40.6 Å². The smallest absolute Gasteiger partial charge is 0.0490 e. The lowest BCUT2D eigenvalue weighted by Gasteiger charge is -2.29. The molecule has 2 nitrogen and oxygen atoms in total. The van der Waals surface area contributed by atoms with Gasteiger partial charge in [0.1, 0.15) is 0 Å². The highest BCUT2D eigenvalue weighted by molar-refractivity contribution is 6.31. The fourth-order valence-corrected chi connectivity index (χ4v) is 4.03. The van der Waals surface area contributed by atoms with Crippen molar-refractivity contribution in [3.63, 3.8) is 0 Å². The number of fused-ring (bicyclic) bond motifs is 5. The molecule has 0 unspecified atom stereocenters. The number of aromatic nitrogens is 1. The highest BCUT2D eigenvalue weighted by Crippen LogP contribution is 2.42. The molecule has 1 aromatic carbocycles. The number of nitrogens with zero attached hydrogens (tertiary/aromatic N) is 1. The van der Waals surface area contributed by atoms with E-state index in [1.165, 1.54) is 53.7 Å². The van der Waals surface area contributed by atoms with Gasteiger partial charge in [0.25, 0.3) is 0 Å². The summed E-state index contributed by atoms with van der Waals surface area (Å²) in [5.41, 5.74) is 5.52. The molecule has 2 aromatic rings. The molecule has 0 spiro atoms. The summed E-state index contributed by atoms with van der Waals surface area (Å²) < 4.78 is 0. The van der Waals surface area contributed by atoms with E-state index < -0.39 is 0 Å². The fraction of sp³-hybridized carbons (Fsp3) is 0.467. The van der Waals surface area contributed by atoms with Gasteiger partial charge in [-0.2, -0.15) is 0 Å². The minimum atomic E-state index is 0.625. The van der Waals surface area contributed by atoms with E-state index >= 15 is 0 Å². The second kappa shape index (κ2) is 3.75. The monoisotopic (exact) mass is 260 g/mol. The molecule has 4 rings (SSSR count). The van der Waals surface area contributed by atoms with Crippen LogP contribution in [-0.2, 0) is 6.42 Å². The van der Waals surface area contributed by atoms with Crippen LogP contribution in [0.3, 0.4) is 0 Å². The van der Waals surface area contributed by atoms with Crippen LogP contribution in [0.15, 0.2) is 12.1 Å². The maximum absolute atomic E-state index is 6.24. The highest BCUT2D eigenvalue weighted by Gasteiger charge is 2.33. The molecule has 3 heteroatoms. The Morgan fingerprint density at radius 3 is 3.11 bits per heavy atom. The van der Waals surface area contributed by atoms with Crippen LogP contribution in [0.25, 0.3) is 10.9 Å². The van der Waals surface area contributed by atoms with Crippen molar-refractivity contribution in [3.05, 3.63) is 34.0 Å². The molecule has 1 atom stereocenters.